The lowest BCUT2D eigenvalue weighted by atomic mass is 10.1. The van der Waals surface area contributed by atoms with Gasteiger partial charge < -0.3 is 9.72 Å². The number of carbonyl (C=O) groups excluding carboxylic acids is 1. The first kappa shape index (κ1) is 16.3. The number of aromatic nitrogens is 2. The molecule has 0 bridgehead atoms. The number of pyridine rings is 1. The SMILES string of the molecule is O=C(NCc1c(Cl)cccc1C(F)(F)F)c1cn2ccccc2n1. The first-order chi connectivity index (χ1) is 11.4. The molecule has 0 aliphatic heterocycles. The van der Waals surface area contributed by atoms with E-state index in [1.807, 2.05) is 0 Å². The van der Waals surface area contributed by atoms with Crippen molar-refractivity contribution in [2.45, 2.75) is 12.7 Å². The van der Waals surface area contributed by atoms with E-state index in [-0.39, 0.29) is 22.8 Å². The summed E-state index contributed by atoms with van der Waals surface area (Å²) in [7, 11) is 0. The van der Waals surface area contributed by atoms with Crippen molar-refractivity contribution in [1.82, 2.24) is 14.7 Å². The minimum absolute atomic E-state index is 0.0554. The Labute approximate surface area is 139 Å². The Morgan fingerprint density at radius 3 is 2.71 bits per heavy atom. The van der Waals surface area contributed by atoms with E-state index in [1.165, 1.54) is 18.3 Å². The molecule has 3 rings (SSSR count). The molecule has 0 saturated heterocycles. The molecular weight excluding hydrogens is 343 g/mol. The second-order valence-corrected chi connectivity index (χ2v) is 5.45. The average Bonchev–Trinajstić information content (AvgIpc) is 2.96. The molecule has 0 fully saturated rings. The number of carbonyl (C=O) groups is 1. The van der Waals surface area contributed by atoms with E-state index in [0.29, 0.717) is 5.65 Å². The Balaban J connectivity index is 1.82. The van der Waals surface area contributed by atoms with Gasteiger partial charge in [-0.3, -0.25) is 4.79 Å². The Bertz CT molecular complexity index is 872. The van der Waals surface area contributed by atoms with Crippen molar-refractivity contribution >= 4 is 23.2 Å². The maximum absolute atomic E-state index is 13.0. The van der Waals surface area contributed by atoms with Gasteiger partial charge >= 0.3 is 6.18 Å². The number of benzene rings is 1. The molecule has 0 spiro atoms. The van der Waals surface area contributed by atoms with E-state index in [1.54, 1.807) is 28.8 Å². The minimum atomic E-state index is -4.55. The van der Waals surface area contributed by atoms with Crippen LogP contribution in [0.25, 0.3) is 5.65 Å². The molecule has 0 aliphatic rings. The fraction of sp³-hybridized carbons (Fsp3) is 0.125. The molecule has 8 heteroatoms. The summed E-state index contributed by atoms with van der Waals surface area (Å²) >= 11 is 5.86. The molecule has 0 unspecified atom stereocenters. The van der Waals surface area contributed by atoms with Crippen molar-refractivity contribution in [2.24, 2.45) is 0 Å². The lowest BCUT2D eigenvalue weighted by Crippen LogP contribution is -2.25. The van der Waals surface area contributed by atoms with Gasteiger partial charge in [-0.1, -0.05) is 23.7 Å². The molecule has 24 heavy (non-hydrogen) atoms. The van der Waals surface area contributed by atoms with Gasteiger partial charge in [-0.05, 0) is 24.3 Å². The van der Waals surface area contributed by atoms with E-state index in [9.17, 15) is 18.0 Å². The Morgan fingerprint density at radius 1 is 1.21 bits per heavy atom. The average molecular weight is 354 g/mol. The van der Waals surface area contributed by atoms with Gasteiger partial charge in [0.15, 0.2) is 0 Å². The summed E-state index contributed by atoms with van der Waals surface area (Å²) in [6.07, 6.45) is -1.33. The number of alkyl halides is 3. The first-order valence-electron chi connectivity index (χ1n) is 6.93. The van der Waals surface area contributed by atoms with Crippen molar-refractivity contribution in [3.8, 4) is 0 Å². The number of rotatable bonds is 3. The van der Waals surface area contributed by atoms with Crippen LogP contribution in [-0.2, 0) is 12.7 Å². The fourth-order valence-corrected chi connectivity index (χ4v) is 2.55. The maximum Gasteiger partial charge on any atom is 0.416 e. The van der Waals surface area contributed by atoms with Crippen LogP contribution in [0.3, 0.4) is 0 Å². The van der Waals surface area contributed by atoms with Crippen LogP contribution in [0.1, 0.15) is 21.6 Å². The smallest absolute Gasteiger partial charge is 0.347 e. The number of nitrogens with one attached hydrogen (secondary N) is 1. The van der Waals surface area contributed by atoms with Gasteiger partial charge in [0.05, 0.1) is 5.56 Å². The standard InChI is InChI=1S/C16H11ClF3N3O/c17-12-5-3-4-11(16(18,19)20)10(12)8-21-15(24)13-9-23-7-2-1-6-14(23)22-13/h1-7,9H,8H2,(H,21,24). The molecular formula is C16H11ClF3N3O. The lowest BCUT2D eigenvalue weighted by Gasteiger charge is -2.14. The number of halogens is 4. The second-order valence-electron chi connectivity index (χ2n) is 5.04. The molecule has 1 aromatic carbocycles. The van der Waals surface area contributed by atoms with E-state index in [4.69, 9.17) is 11.6 Å². The number of hydrogen-bond donors (Lipinski definition) is 1. The number of nitrogens with zero attached hydrogens (tertiary/aromatic N) is 2. The van der Waals surface area contributed by atoms with Crippen molar-refractivity contribution < 1.29 is 18.0 Å². The van der Waals surface area contributed by atoms with E-state index in [0.717, 1.165) is 6.07 Å². The summed E-state index contributed by atoms with van der Waals surface area (Å²) in [5.41, 5.74) is -0.368. The number of hydrogen-bond acceptors (Lipinski definition) is 2. The highest BCUT2D eigenvalue weighted by molar-refractivity contribution is 6.31. The summed E-state index contributed by atoms with van der Waals surface area (Å²) in [6, 6.07) is 8.76. The van der Waals surface area contributed by atoms with Crippen LogP contribution >= 0.6 is 11.6 Å². The largest absolute Gasteiger partial charge is 0.416 e. The predicted octanol–water partition coefficient (Wildman–Crippen LogP) is 3.94. The lowest BCUT2D eigenvalue weighted by molar-refractivity contribution is -0.138. The van der Waals surface area contributed by atoms with Crippen LogP contribution in [0, 0.1) is 0 Å². The van der Waals surface area contributed by atoms with Gasteiger partial charge in [-0.15, -0.1) is 0 Å². The molecule has 4 nitrogen and oxygen atoms in total. The van der Waals surface area contributed by atoms with Crippen LogP contribution in [0.2, 0.25) is 5.02 Å². The van der Waals surface area contributed by atoms with Crippen LogP contribution in [0.4, 0.5) is 13.2 Å². The van der Waals surface area contributed by atoms with Crippen molar-refractivity contribution in [1.29, 1.82) is 0 Å². The quantitative estimate of drug-likeness (QED) is 0.775. The van der Waals surface area contributed by atoms with Crippen LogP contribution in [-0.4, -0.2) is 15.3 Å². The van der Waals surface area contributed by atoms with Gasteiger partial charge in [0.2, 0.25) is 0 Å². The monoisotopic (exact) mass is 353 g/mol. The zero-order valence-electron chi connectivity index (χ0n) is 12.1. The van der Waals surface area contributed by atoms with Gasteiger partial charge in [0.25, 0.3) is 5.91 Å². The molecule has 2 aromatic heterocycles. The Hall–Kier alpha value is -2.54. The van der Waals surface area contributed by atoms with E-state index in [2.05, 4.69) is 10.3 Å². The van der Waals surface area contributed by atoms with E-state index >= 15 is 0 Å². The van der Waals surface area contributed by atoms with Gasteiger partial charge in [0.1, 0.15) is 11.3 Å². The Morgan fingerprint density at radius 2 is 2.00 bits per heavy atom. The van der Waals surface area contributed by atoms with Gasteiger partial charge in [-0.2, -0.15) is 13.2 Å². The molecule has 3 aromatic rings. The summed E-state index contributed by atoms with van der Waals surface area (Å²) in [5.74, 6) is -0.577. The third-order valence-electron chi connectivity index (χ3n) is 3.45. The summed E-state index contributed by atoms with van der Waals surface area (Å²) in [6.45, 7) is -0.346. The molecule has 1 amide bonds. The maximum atomic E-state index is 13.0. The molecule has 0 radical (unpaired) electrons. The zero-order valence-corrected chi connectivity index (χ0v) is 12.9. The van der Waals surface area contributed by atoms with Crippen LogP contribution < -0.4 is 5.32 Å². The number of fused-ring (bicyclic) bond motifs is 1. The zero-order chi connectivity index (χ0) is 17.3. The Kier molecular flexibility index (Phi) is 4.19. The second kappa shape index (κ2) is 6.16. The molecule has 124 valence electrons. The van der Waals surface area contributed by atoms with Crippen molar-refractivity contribution in [3.63, 3.8) is 0 Å². The molecule has 0 aliphatic carbocycles. The molecule has 0 saturated carbocycles. The highest BCUT2D eigenvalue weighted by Gasteiger charge is 2.34. The third kappa shape index (κ3) is 3.21. The highest BCUT2D eigenvalue weighted by Crippen LogP contribution is 2.34. The number of imidazole rings is 1. The number of amides is 1. The van der Waals surface area contributed by atoms with Crippen LogP contribution in [0.5, 0.6) is 0 Å². The first-order valence-corrected chi connectivity index (χ1v) is 7.30. The summed E-state index contributed by atoms with van der Waals surface area (Å²) < 4.78 is 40.7. The topological polar surface area (TPSA) is 46.4 Å². The molecule has 0 atom stereocenters. The summed E-state index contributed by atoms with van der Waals surface area (Å²) in [5, 5.41) is 2.37. The minimum Gasteiger partial charge on any atom is -0.347 e. The summed E-state index contributed by atoms with van der Waals surface area (Å²) in [4.78, 5) is 16.3. The fourth-order valence-electron chi connectivity index (χ4n) is 2.31. The molecule has 1 N–H and O–H groups in total. The predicted molar refractivity (Wildman–Crippen MR) is 82.8 cm³/mol. The van der Waals surface area contributed by atoms with E-state index < -0.39 is 17.6 Å². The van der Waals surface area contributed by atoms with Crippen molar-refractivity contribution in [3.05, 3.63) is 70.6 Å². The van der Waals surface area contributed by atoms with Crippen molar-refractivity contribution in [2.75, 3.05) is 0 Å². The molecule has 2 heterocycles. The van der Waals surface area contributed by atoms with Gasteiger partial charge in [0, 0.05) is 29.5 Å². The third-order valence-corrected chi connectivity index (χ3v) is 3.80. The normalized spacial score (nSPS) is 11.7. The van der Waals surface area contributed by atoms with Crippen LogP contribution in [0.15, 0.2) is 48.8 Å². The van der Waals surface area contributed by atoms with Gasteiger partial charge in [-0.25, -0.2) is 4.98 Å². The highest BCUT2D eigenvalue weighted by atomic mass is 35.5.